The van der Waals surface area contributed by atoms with Crippen molar-refractivity contribution in [3.8, 4) is 11.3 Å². The van der Waals surface area contributed by atoms with Crippen molar-refractivity contribution in [3.05, 3.63) is 36.3 Å². The molecule has 0 unspecified atom stereocenters. The molecule has 6 heteroatoms. The van der Waals surface area contributed by atoms with Crippen molar-refractivity contribution in [1.29, 1.82) is 0 Å². The molecule has 2 aromatic rings. The van der Waals surface area contributed by atoms with Crippen LogP contribution in [0.4, 0.5) is 0 Å². The lowest BCUT2D eigenvalue weighted by Crippen LogP contribution is -2.41. The second-order valence-electron chi connectivity index (χ2n) is 7.89. The van der Waals surface area contributed by atoms with Gasteiger partial charge in [-0.25, -0.2) is 4.98 Å². The van der Waals surface area contributed by atoms with E-state index < -0.39 is 0 Å². The lowest BCUT2D eigenvalue weighted by atomic mass is 9.79. The molecule has 2 aliphatic rings. The summed E-state index contributed by atoms with van der Waals surface area (Å²) >= 11 is 2.00. The molecule has 1 aromatic carbocycles. The normalized spacial score (nSPS) is 24.8. The number of benzene rings is 1. The first-order valence-corrected chi connectivity index (χ1v) is 10.0. The summed E-state index contributed by atoms with van der Waals surface area (Å²) in [5.74, 6) is 2.34. The van der Waals surface area contributed by atoms with Crippen LogP contribution in [0.5, 0.6) is 0 Å². The zero-order chi connectivity index (χ0) is 17.7. The van der Waals surface area contributed by atoms with Gasteiger partial charge in [-0.3, -0.25) is 0 Å². The van der Waals surface area contributed by atoms with Crippen LogP contribution in [0.2, 0.25) is 0 Å². The zero-order valence-corrected chi connectivity index (χ0v) is 16.2. The lowest BCUT2D eigenvalue weighted by Gasteiger charge is -2.32. The topological polar surface area (TPSA) is 47.1 Å². The fourth-order valence-corrected chi connectivity index (χ4v) is 4.47. The molecule has 2 aliphatic heterocycles. The zero-order valence-electron chi connectivity index (χ0n) is 15.3. The van der Waals surface area contributed by atoms with Crippen molar-refractivity contribution in [1.82, 2.24) is 9.97 Å². The summed E-state index contributed by atoms with van der Waals surface area (Å²) in [6.07, 6.45) is 4.45. The highest BCUT2D eigenvalue weighted by Gasteiger charge is 2.51. The van der Waals surface area contributed by atoms with Gasteiger partial charge in [0, 0.05) is 0 Å². The third-order valence-electron chi connectivity index (χ3n) is 5.58. The van der Waals surface area contributed by atoms with Gasteiger partial charge >= 0.3 is 7.12 Å². The predicted molar refractivity (Wildman–Crippen MR) is 104 cm³/mol. The van der Waals surface area contributed by atoms with Crippen LogP contribution in [-0.4, -0.2) is 34.0 Å². The first kappa shape index (κ1) is 17.2. The monoisotopic (exact) mass is 356 g/mol. The Bertz CT molecular complexity index is 735. The number of hydrogen-bond acceptors (Lipinski definition) is 4. The Morgan fingerprint density at radius 2 is 1.80 bits per heavy atom. The van der Waals surface area contributed by atoms with E-state index in [9.17, 15) is 0 Å². The number of nitrogens with zero attached hydrogens (tertiary/aromatic N) is 1. The molecule has 0 bridgehead atoms. The lowest BCUT2D eigenvalue weighted by molar-refractivity contribution is 0.00578. The minimum absolute atomic E-state index is 0.312. The minimum Gasteiger partial charge on any atom is -0.399 e. The van der Waals surface area contributed by atoms with Crippen molar-refractivity contribution in [2.75, 3.05) is 5.75 Å². The fourth-order valence-electron chi connectivity index (χ4n) is 3.24. The molecule has 132 valence electrons. The van der Waals surface area contributed by atoms with Crippen molar-refractivity contribution in [2.24, 2.45) is 0 Å². The summed E-state index contributed by atoms with van der Waals surface area (Å²) in [6, 6.07) is 8.39. The summed E-state index contributed by atoms with van der Waals surface area (Å²) in [7, 11) is -0.314. The summed E-state index contributed by atoms with van der Waals surface area (Å²) < 4.78 is 12.2. The van der Waals surface area contributed by atoms with E-state index in [1.807, 2.05) is 18.0 Å². The highest BCUT2D eigenvalue weighted by atomic mass is 32.2. The molecule has 1 N–H and O–H groups in total. The Balaban J connectivity index is 1.51. The number of aromatic amines is 1. The van der Waals surface area contributed by atoms with E-state index in [1.165, 1.54) is 18.6 Å². The second kappa shape index (κ2) is 6.18. The molecule has 2 fully saturated rings. The van der Waals surface area contributed by atoms with Gasteiger partial charge in [-0.05, 0) is 57.3 Å². The molecule has 1 atom stereocenters. The van der Waals surface area contributed by atoms with Crippen molar-refractivity contribution < 1.29 is 9.31 Å². The van der Waals surface area contributed by atoms with Crippen LogP contribution in [0.15, 0.2) is 30.5 Å². The van der Waals surface area contributed by atoms with Gasteiger partial charge in [-0.2, -0.15) is 11.8 Å². The van der Waals surface area contributed by atoms with Crippen LogP contribution in [0, 0.1) is 0 Å². The van der Waals surface area contributed by atoms with Crippen LogP contribution >= 0.6 is 11.8 Å². The number of rotatable bonds is 3. The van der Waals surface area contributed by atoms with E-state index >= 15 is 0 Å². The molecule has 3 heterocycles. The molecule has 0 radical (unpaired) electrons. The maximum atomic E-state index is 6.12. The Labute approximate surface area is 154 Å². The molecule has 0 amide bonds. The van der Waals surface area contributed by atoms with Gasteiger partial charge in [0.25, 0.3) is 0 Å². The fraction of sp³-hybridized carbons (Fsp3) is 0.526. The molecule has 0 spiro atoms. The molecule has 0 aliphatic carbocycles. The first-order valence-electron chi connectivity index (χ1n) is 8.98. The van der Waals surface area contributed by atoms with Gasteiger partial charge in [-0.1, -0.05) is 24.3 Å². The minimum atomic E-state index is -0.314. The number of hydrogen-bond donors (Lipinski definition) is 1. The van der Waals surface area contributed by atoms with Crippen LogP contribution in [0.3, 0.4) is 0 Å². The molecule has 4 rings (SSSR count). The second-order valence-corrected chi connectivity index (χ2v) is 9.20. The number of nitrogens with one attached hydrogen (secondary N) is 1. The van der Waals surface area contributed by atoms with Crippen LogP contribution in [-0.2, 0) is 9.31 Å². The van der Waals surface area contributed by atoms with Crippen molar-refractivity contribution in [3.63, 3.8) is 0 Å². The maximum Gasteiger partial charge on any atom is 0.494 e. The largest absolute Gasteiger partial charge is 0.494 e. The van der Waals surface area contributed by atoms with E-state index in [0.29, 0.717) is 5.25 Å². The number of H-pyrrole nitrogens is 1. The Kier molecular flexibility index (Phi) is 4.25. The van der Waals surface area contributed by atoms with E-state index in [-0.39, 0.29) is 18.3 Å². The molecule has 2 saturated heterocycles. The highest BCUT2D eigenvalue weighted by molar-refractivity contribution is 7.99. The molecular formula is C19H25BN2O2S. The van der Waals surface area contributed by atoms with Crippen LogP contribution < -0.4 is 5.46 Å². The standard InChI is InChI=1S/C19H25BN2O2S/c1-18(2)19(3,4)24-20(23-18)14-9-7-13(8-10-14)15-12-21-17(22-15)16-6-5-11-25-16/h7-10,12,16H,5-6,11H2,1-4H3,(H,21,22)/t16-/m1/s1. The Hall–Kier alpha value is -1.24. The Morgan fingerprint density at radius 1 is 1.12 bits per heavy atom. The first-order chi connectivity index (χ1) is 11.9. The van der Waals surface area contributed by atoms with Gasteiger partial charge in [0.1, 0.15) is 5.82 Å². The van der Waals surface area contributed by atoms with Crippen molar-refractivity contribution in [2.45, 2.75) is 57.0 Å². The van der Waals surface area contributed by atoms with Gasteiger partial charge in [0.2, 0.25) is 0 Å². The number of aromatic nitrogens is 2. The molecule has 25 heavy (non-hydrogen) atoms. The van der Waals surface area contributed by atoms with E-state index in [4.69, 9.17) is 9.31 Å². The van der Waals surface area contributed by atoms with E-state index in [2.05, 4.69) is 61.9 Å². The van der Waals surface area contributed by atoms with Crippen LogP contribution in [0.1, 0.15) is 51.6 Å². The maximum absolute atomic E-state index is 6.12. The Morgan fingerprint density at radius 3 is 2.40 bits per heavy atom. The van der Waals surface area contributed by atoms with Gasteiger partial charge in [0.15, 0.2) is 0 Å². The van der Waals surface area contributed by atoms with E-state index in [1.54, 1.807) is 0 Å². The van der Waals surface area contributed by atoms with Crippen LogP contribution in [0.25, 0.3) is 11.3 Å². The van der Waals surface area contributed by atoms with Crippen molar-refractivity contribution >= 4 is 24.3 Å². The van der Waals surface area contributed by atoms with E-state index in [0.717, 1.165) is 22.5 Å². The summed E-state index contributed by atoms with van der Waals surface area (Å²) in [6.45, 7) is 8.31. The summed E-state index contributed by atoms with van der Waals surface area (Å²) in [4.78, 5) is 8.08. The summed E-state index contributed by atoms with van der Waals surface area (Å²) in [5, 5.41) is 0.526. The highest BCUT2D eigenvalue weighted by Crippen LogP contribution is 2.39. The third kappa shape index (κ3) is 3.16. The quantitative estimate of drug-likeness (QED) is 0.846. The predicted octanol–water partition coefficient (Wildman–Crippen LogP) is 3.94. The molecule has 0 saturated carbocycles. The molecule has 4 nitrogen and oxygen atoms in total. The number of thioether (sulfide) groups is 1. The molecule has 1 aromatic heterocycles. The smallest absolute Gasteiger partial charge is 0.399 e. The third-order valence-corrected chi connectivity index (χ3v) is 6.96. The van der Waals surface area contributed by atoms with Gasteiger partial charge in [-0.15, -0.1) is 0 Å². The summed E-state index contributed by atoms with van der Waals surface area (Å²) in [5.41, 5.74) is 2.64. The van der Waals surface area contributed by atoms with Gasteiger partial charge in [0.05, 0.1) is 28.3 Å². The number of imidazole rings is 1. The van der Waals surface area contributed by atoms with Gasteiger partial charge < -0.3 is 14.3 Å². The average Bonchev–Trinajstić information content (AvgIpc) is 3.28. The SMILES string of the molecule is CC1(C)OB(c2ccc(-c3cnc([C@H]4CCCS4)[nH]3)cc2)OC1(C)C. The molecular weight excluding hydrogens is 331 g/mol. The average molecular weight is 356 g/mol.